The molecule has 1 atom stereocenters. The molecule has 0 aliphatic rings. The standard InChI is InChI=1S/C14H23O7PS/c1-4-19-22(16,20-5-2)11-13(15)10-21-23(17,18)14-8-6-12(3)7-9-14/h6-9,13,15H,4-5,10-11H2,1-3H3. The molecule has 7 nitrogen and oxygen atoms in total. The van der Waals surface area contributed by atoms with Gasteiger partial charge in [-0.2, -0.15) is 8.42 Å². The second-order valence-electron chi connectivity index (χ2n) is 4.83. The van der Waals surface area contributed by atoms with Crippen molar-refractivity contribution in [1.29, 1.82) is 0 Å². The Hall–Kier alpha value is -0.760. The van der Waals surface area contributed by atoms with Gasteiger partial charge in [0.1, 0.15) is 0 Å². The van der Waals surface area contributed by atoms with E-state index in [4.69, 9.17) is 13.2 Å². The normalized spacial score (nSPS) is 13.9. The lowest BCUT2D eigenvalue weighted by Crippen LogP contribution is -2.23. The lowest BCUT2D eigenvalue weighted by atomic mass is 10.2. The number of hydrogen-bond acceptors (Lipinski definition) is 7. The van der Waals surface area contributed by atoms with E-state index in [-0.39, 0.29) is 24.3 Å². The van der Waals surface area contributed by atoms with Gasteiger partial charge in [0.2, 0.25) is 0 Å². The highest BCUT2D eigenvalue weighted by Gasteiger charge is 2.29. The first-order chi connectivity index (χ1) is 10.7. The molecule has 1 N–H and O–H groups in total. The average molecular weight is 366 g/mol. The SMILES string of the molecule is CCOP(=O)(CC(O)COS(=O)(=O)c1ccc(C)cc1)OCC. The summed E-state index contributed by atoms with van der Waals surface area (Å²) < 4.78 is 51.1. The highest BCUT2D eigenvalue weighted by Crippen LogP contribution is 2.48. The van der Waals surface area contributed by atoms with Crippen molar-refractivity contribution in [2.45, 2.75) is 31.8 Å². The molecule has 0 saturated heterocycles. The molecule has 0 amide bonds. The minimum atomic E-state index is -3.98. The maximum absolute atomic E-state index is 12.2. The van der Waals surface area contributed by atoms with Crippen LogP contribution in [0.25, 0.3) is 0 Å². The molecule has 0 aliphatic carbocycles. The zero-order valence-corrected chi connectivity index (χ0v) is 15.2. The maximum Gasteiger partial charge on any atom is 0.333 e. The first-order valence-corrected chi connectivity index (χ1v) is 10.4. The predicted molar refractivity (Wildman–Crippen MR) is 86.0 cm³/mol. The summed E-state index contributed by atoms with van der Waals surface area (Å²) in [4.78, 5) is -0.00639. The Balaban J connectivity index is 2.65. The Labute approximate surface area is 137 Å². The summed E-state index contributed by atoms with van der Waals surface area (Å²) in [5, 5.41) is 9.87. The van der Waals surface area contributed by atoms with E-state index in [1.54, 1.807) is 26.0 Å². The van der Waals surface area contributed by atoms with Gasteiger partial charge in [0, 0.05) is 0 Å². The third kappa shape index (κ3) is 6.71. The van der Waals surface area contributed by atoms with Gasteiger partial charge in [0.15, 0.2) is 0 Å². The molecule has 1 aromatic rings. The van der Waals surface area contributed by atoms with Crippen LogP contribution in [0.1, 0.15) is 19.4 Å². The summed E-state index contributed by atoms with van der Waals surface area (Å²) >= 11 is 0. The number of hydrogen-bond donors (Lipinski definition) is 1. The van der Waals surface area contributed by atoms with Crippen molar-refractivity contribution in [2.75, 3.05) is 26.0 Å². The summed E-state index contributed by atoms with van der Waals surface area (Å²) in [7, 11) is -7.44. The molecule has 23 heavy (non-hydrogen) atoms. The van der Waals surface area contributed by atoms with Crippen molar-refractivity contribution in [3.8, 4) is 0 Å². The fourth-order valence-electron chi connectivity index (χ4n) is 1.79. The molecular formula is C14H23O7PS. The predicted octanol–water partition coefficient (Wildman–Crippen LogP) is 2.33. The maximum atomic E-state index is 12.2. The van der Waals surface area contributed by atoms with Gasteiger partial charge >= 0.3 is 7.60 Å². The quantitative estimate of drug-likeness (QED) is 0.501. The number of aryl methyl sites for hydroxylation is 1. The van der Waals surface area contributed by atoms with Gasteiger partial charge in [-0.15, -0.1) is 0 Å². The first-order valence-electron chi connectivity index (χ1n) is 7.24. The summed E-state index contributed by atoms with van der Waals surface area (Å²) in [6, 6.07) is 6.13. The van der Waals surface area contributed by atoms with Gasteiger partial charge in [-0.05, 0) is 32.9 Å². The molecule has 0 spiro atoms. The smallest absolute Gasteiger partial charge is 0.333 e. The molecule has 1 aromatic carbocycles. The van der Waals surface area contributed by atoms with E-state index in [2.05, 4.69) is 0 Å². The fourth-order valence-corrected chi connectivity index (χ4v) is 4.42. The van der Waals surface area contributed by atoms with Crippen LogP contribution < -0.4 is 0 Å². The Bertz CT molecular complexity index is 617. The van der Waals surface area contributed by atoms with Crippen LogP contribution in [0.4, 0.5) is 0 Å². The van der Waals surface area contributed by atoms with E-state index in [0.717, 1.165) is 5.56 Å². The van der Waals surface area contributed by atoms with Crippen molar-refractivity contribution >= 4 is 17.7 Å². The highest BCUT2D eigenvalue weighted by atomic mass is 32.2. The molecule has 0 aliphatic heterocycles. The van der Waals surface area contributed by atoms with Crippen molar-refractivity contribution < 1.29 is 31.3 Å². The molecule has 1 unspecified atom stereocenters. The van der Waals surface area contributed by atoms with Crippen LogP contribution in [-0.4, -0.2) is 45.6 Å². The Morgan fingerprint density at radius 1 is 1.13 bits per heavy atom. The van der Waals surface area contributed by atoms with E-state index >= 15 is 0 Å². The van der Waals surface area contributed by atoms with Crippen molar-refractivity contribution in [3.05, 3.63) is 29.8 Å². The number of aliphatic hydroxyl groups is 1. The lowest BCUT2D eigenvalue weighted by Gasteiger charge is -2.19. The van der Waals surface area contributed by atoms with Gasteiger partial charge in [-0.3, -0.25) is 8.75 Å². The molecule has 0 radical (unpaired) electrons. The third-order valence-electron chi connectivity index (χ3n) is 2.81. The number of benzene rings is 1. The molecule has 9 heteroatoms. The summed E-state index contributed by atoms with van der Waals surface area (Å²) in [6.07, 6.45) is -1.63. The van der Waals surface area contributed by atoms with Crippen molar-refractivity contribution in [1.82, 2.24) is 0 Å². The number of rotatable bonds is 10. The van der Waals surface area contributed by atoms with Crippen LogP contribution in [0.3, 0.4) is 0 Å². The lowest BCUT2D eigenvalue weighted by molar-refractivity contribution is 0.117. The van der Waals surface area contributed by atoms with E-state index in [9.17, 15) is 18.1 Å². The van der Waals surface area contributed by atoms with Crippen LogP contribution in [0.2, 0.25) is 0 Å². The third-order valence-corrected chi connectivity index (χ3v) is 6.28. The van der Waals surface area contributed by atoms with E-state index in [0.29, 0.717) is 0 Å². The second-order valence-corrected chi connectivity index (χ2v) is 8.55. The van der Waals surface area contributed by atoms with Crippen molar-refractivity contribution in [3.63, 3.8) is 0 Å². The minimum Gasteiger partial charge on any atom is -0.390 e. The Kier molecular flexibility index (Phi) is 7.86. The van der Waals surface area contributed by atoms with Crippen LogP contribution >= 0.6 is 7.60 Å². The molecule has 0 bridgehead atoms. The molecule has 1 rings (SSSR count). The Morgan fingerprint density at radius 3 is 2.13 bits per heavy atom. The molecule has 0 fully saturated rings. The topological polar surface area (TPSA) is 99.1 Å². The van der Waals surface area contributed by atoms with E-state index in [1.165, 1.54) is 12.1 Å². The van der Waals surface area contributed by atoms with Crippen molar-refractivity contribution in [2.24, 2.45) is 0 Å². The van der Waals surface area contributed by atoms with Gasteiger partial charge in [-0.25, -0.2) is 0 Å². The Morgan fingerprint density at radius 2 is 1.65 bits per heavy atom. The summed E-state index contributed by atoms with van der Waals surface area (Å²) in [6.45, 7) is 4.92. The second kappa shape index (κ2) is 8.92. The van der Waals surface area contributed by atoms with Gasteiger partial charge in [0.25, 0.3) is 10.1 Å². The molecule has 132 valence electrons. The molecule has 0 heterocycles. The highest BCUT2D eigenvalue weighted by molar-refractivity contribution is 7.86. The van der Waals surface area contributed by atoms with Gasteiger partial charge < -0.3 is 14.2 Å². The zero-order valence-electron chi connectivity index (χ0n) is 13.5. The number of aliphatic hydroxyl groups excluding tert-OH is 1. The first kappa shape index (κ1) is 20.3. The minimum absolute atomic E-state index is 0.00639. The van der Waals surface area contributed by atoms with E-state index in [1.807, 2.05) is 6.92 Å². The zero-order chi connectivity index (χ0) is 17.5. The van der Waals surface area contributed by atoms with Crippen LogP contribution in [-0.2, 0) is 27.9 Å². The van der Waals surface area contributed by atoms with E-state index < -0.39 is 30.4 Å². The van der Waals surface area contributed by atoms with Crippen LogP contribution in [0.5, 0.6) is 0 Å². The summed E-state index contributed by atoms with van der Waals surface area (Å²) in [5.41, 5.74) is 0.915. The molecular weight excluding hydrogens is 343 g/mol. The molecule has 0 aromatic heterocycles. The van der Waals surface area contributed by atoms with Crippen LogP contribution in [0.15, 0.2) is 29.2 Å². The fraction of sp³-hybridized carbons (Fsp3) is 0.571. The van der Waals surface area contributed by atoms with Crippen LogP contribution in [0, 0.1) is 6.92 Å². The van der Waals surface area contributed by atoms with Gasteiger partial charge in [0.05, 0.1) is 37.0 Å². The largest absolute Gasteiger partial charge is 0.390 e. The monoisotopic (exact) mass is 366 g/mol. The average Bonchev–Trinajstić information content (AvgIpc) is 2.46. The van der Waals surface area contributed by atoms with Gasteiger partial charge in [-0.1, -0.05) is 17.7 Å². The molecule has 0 saturated carbocycles. The summed E-state index contributed by atoms with van der Waals surface area (Å²) in [5.74, 6) is 0.